The molecule has 0 saturated heterocycles. The van der Waals surface area contributed by atoms with Crippen LogP contribution in [0.2, 0.25) is 0 Å². The molecule has 0 fully saturated rings. The van der Waals surface area contributed by atoms with Crippen LogP contribution in [-0.2, 0) is 9.53 Å². The van der Waals surface area contributed by atoms with Crippen LogP contribution in [0.25, 0.3) is 0 Å². The van der Waals surface area contributed by atoms with Gasteiger partial charge in [0, 0.05) is 5.56 Å². The third-order valence-electron chi connectivity index (χ3n) is 2.80. The SMILES string of the molecule is CCOC(=O)C(N)c1cc(C)c(C)cc1OCC. The van der Waals surface area contributed by atoms with Crippen molar-refractivity contribution in [2.75, 3.05) is 13.2 Å². The number of carbonyl (C=O) groups is 1. The molecule has 1 unspecified atom stereocenters. The minimum atomic E-state index is -0.800. The van der Waals surface area contributed by atoms with Crippen molar-refractivity contribution in [3.63, 3.8) is 0 Å². The van der Waals surface area contributed by atoms with E-state index in [-0.39, 0.29) is 0 Å². The summed E-state index contributed by atoms with van der Waals surface area (Å²) in [6.07, 6.45) is 0. The second-order valence-corrected chi connectivity index (χ2v) is 4.14. The lowest BCUT2D eigenvalue weighted by atomic mass is 10.00. The molecule has 0 aliphatic carbocycles. The third kappa shape index (κ3) is 3.23. The number of rotatable bonds is 5. The predicted octanol–water partition coefficient (Wildman–Crippen LogP) is 2.27. The molecule has 4 nitrogen and oxygen atoms in total. The fourth-order valence-corrected chi connectivity index (χ4v) is 1.69. The van der Waals surface area contributed by atoms with Crippen molar-refractivity contribution in [2.45, 2.75) is 33.7 Å². The van der Waals surface area contributed by atoms with Crippen molar-refractivity contribution in [1.29, 1.82) is 0 Å². The first-order valence-corrected chi connectivity index (χ1v) is 6.17. The topological polar surface area (TPSA) is 61.5 Å². The maximum absolute atomic E-state index is 11.7. The van der Waals surface area contributed by atoms with E-state index in [9.17, 15) is 4.79 Å². The molecule has 4 heteroatoms. The summed E-state index contributed by atoms with van der Waals surface area (Å²) >= 11 is 0. The largest absolute Gasteiger partial charge is 0.494 e. The van der Waals surface area contributed by atoms with Crippen molar-refractivity contribution in [1.82, 2.24) is 0 Å². The van der Waals surface area contributed by atoms with Crippen molar-refractivity contribution >= 4 is 5.97 Å². The molecule has 100 valence electrons. The minimum absolute atomic E-state index is 0.321. The Hall–Kier alpha value is -1.55. The zero-order valence-corrected chi connectivity index (χ0v) is 11.4. The summed E-state index contributed by atoms with van der Waals surface area (Å²) in [5.41, 5.74) is 8.79. The van der Waals surface area contributed by atoms with Crippen LogP contribution in [0.15, 0.2) is 12.1 Å². The van der Waals surface area contributed by atoms with E-state index in [0.29, 0.717) is 24.5 Å². The number of aryl methyl sites for hydroxylation is 2. The molecule has 18 heavy (non-hydrogen) atoms. The van der Waals surface area contributed by atoms with E-state index in [1.54, 1.807) is 6.92 Å². The van der Waals surface area contributed by atoms with E-state index < -0.39 is 12.0 Å². The van der Waals surface area contributed by atoms with Gasteiger partial charge in [0.2, 0.25) is 0 Å². The van der Waals surface area contributed by atoms with E-state index in [1.165, 1.54) is 0 Å². The summed E-state index contributed by atoms with van der Waals surface area (Å²) in [4.78, 5) is 11.7. The first-order chi connectivity index (χ1) is 8.51. The Labute approximate surface area is 108 Å². The highest BCUT2D eigenvalue weighted by Gasteiger charge is 2.21. The third-order valence-corrected chi connectivity index (χ3v) is 2.80. The van der Waals surface area contributed by atoms with Gasteiger partial charge in [0.25, 0.3) is 0 Å². The minimum Gasteiger partial charge on any atom is -0.494 e. The molecule has 0 aliphatic heterocycles. The molecule has 1 aromatic carbocycles. The quantitative estimate of drug-likeness (QED) is 0.815. The normalized spacial score (nSPS) is 12.1. The van der Waals surface area contributed by atoms with E-state index >= 15 is 0 Å². The molecule has 0 saturated carbocycles. The first kappa shape index (κ1) is 14.5. The second-order valence-electron chi connectivity index (χ2n) is 4.14. The Morgan fingerprint density at radius 2 is 1.83 bits per heavy atom. The molecule has 0 heterocycles. The van der Waals surface area contributed by atoms with E-state index in [1.807, 2.05) is 32.9 Å². The van der Waals surface area contributed by atoms with Crippen molar-refractivity contribution in [2.24, 2.45) is 5.73 Å². The van der Waals surface area contributed by atoms with Gasteiger partial charge in [-0.25, -0.2) is 4.79 Å². The molecule has 0 amide bonds. The van der Waals surface area contributed by atoms with Crippen LogP contribution in [0.4, 0.5) is 0 Å². The van der Waals surface area contributed by atoms with E-state index in [0.717, 1.165) is 11.1 Å². The van der Waals surface area contributed by atoms with Gasteiger partial charge in [-0.15, -0.1) is 0 Å². The van der Waals surface area contributed by atoms with Gasteiger partial charge in [-0.2, -0.15) is 0 Å². The zero-order valence-electron chi connectivity index (χ0n) is 11.4. The molecule has 0 aliphatic rings. The maximum atomic E-state index is 11.7. The van der Waals surface area contributed by atoms with E-state index in [4.69, 9.17) is 15.2 Å². The van der Waals surface area contributed by atoms with Crippen LogP contribution in [0.1, 0.15) is 36.6 Å². The molecule has 0 aromatic heterocycles. The van der Waals surface area contributed by atoms with Crippen molar-refractivity contribution in [3.8, 4) is 5.75 Å². The molecule has 1 atom stereocenters. The Bertz CT molecular complexity index is 429. The summed E-state index contributed by atoms with van der Waals surface area (Å²) in [5, 5.41) is 0. The van der Waals surface area contributed by atoms with Crippen LogP contribution in [-0.4, -0.2) is 19.2 Å². The van der Waals surface area contributed by atoms with Gasteiger partial charge < -0.3 is 15.2 Å². The monoisotopic (exact) mass is 251 g/mol. The Morgan fingerprint density at radius 3 is 2.39 bits per heavy atom. The van der Waals surface area contributed by atoms with Crippen LogP contribution in [0, 0.1) is 13.8 Å². The maximum Gasteiger partial charge on any atom is 0.327 e. The lowest BCUT2D eigenvalue weighted by Gasteiger charge is -2.17. The average molecular weight is 251 g/mol. The zero-order chi connectivity index (χ0) is 13.7. The molecule has 0 bridgehead atoms. The Kier molecular flexibility index (Phi) is 5.16. The number of nitrogens with two attached hydrogens (primary N) is 1. The summed E-state index contributed by atoms with van der Waals surface area (Å²) in [5.74, 6) is 0.225. The van der Waals surface area contributed by atoms with Gasteiger partial charge in [-0.3, -0.25) is 0 Å². The van der Waals surface area contributed by atoms with Gasteiger partial charge in [-0.05, 0) is 51.0 Å². The number of esters is 1. The Balaban J connectivity index is 3.12. The van der Waals surface area contributed by atoms with Gasteiger partial charge in [0.1, 0.15) is 11.8 Å². The van der Waals surface area contributed by atoms with Crippen LogP contribution >= 0.6 is 0 Å². The highest BCUT2D eigenvalue weighted by Crippen LogP contribution is 2.28. The smallest absolute Gasteiger partial charge is 0.327 e. The highest BCUT2D eigenvalue weighted by atomic mass is 16.5. The predicted molar refractivity (Wildman–Crippen MR) is 70.6 cm³/mol. The summed E-state index contributed by atoms with van der Waals surface area (Å²) in [6.45, 7) is 8.49. The van der Waals surface area contributed by atoms with Gasteiger partial charge in [0.05, 0.1) is 13.2 Å². The van der Waals surface area contributed by atoms with Crippen molar-refractivity contribution in [3.05, 3.63) is 28.8 Å². The molecular formula is C14H21NO3. The van der Waals surface area contributed by atoms with Gasteiger partial charge >= 0.3 is 5.97 Å². The number of ether oxygens (including phenoxy) is 2. The molecule has 1 rings (SSSR count). The molecule has 0 radical (unpaired) electrons. The number of carbonyl (C=O) groups excluding carboxylic acids is 1. The second kappa shape index (κ2) is 6.40. The number of hydrogen-bond donors (Lipinski definition) is 1. The van der Waals surface area contributed by atoms with Crippen molar-refractivity contribution < 1.29 is 14.3 Å². The molecule has 2 N–H and O–H groups in total. The number of benzene rings is 1. The van der Waals surface area contributed by atoms with Crippen LogP contribution in [0.3, 0.4) is 0 Å². The van der Waals surface area contributed by atoms with Crippen LogP contribution < -0.4 is 10.5 Å². The lowest BCUT2D eigenvalue weighted by molar-refractivity contribution is -0.144. The summed E-state index contributed by atoms with van der Waals surface area (Å²) in [7, 11) is 0. The fourth-order valence-electron chi connectivity index (χ4n) is 1.69. The molecule has 1 aromatic rings. The van der Waals surface area contributed by atoms with Crippen LogP contribution in [0.5, 0.6) is 5.75 Å². The standard InChI is InChI=1S/C14H21NO3/c1-5-17-12-8-10(4)9(3)7-11(12)13(15)14(16)18-6-2/h7-8,13H,5-6,15H2,1-4H3. The lowest BCUT2D eigenvalue weighted by Crippen LogP contribution is -2.24. The summed E-state index contributed by atoms with van der Waals surface area (Å²) < 4.78 is 10.5. The molecular weight excluding hydrogens is 230 g/mol. The van der Waals surface area contributed by atoms with Gasteiger partial charge in [0.15, 0.2) is 0 Å². The first-order valence-electron chi connectivity index (χ1n) is 6.17. The fraction of sp³-hybridized carbons (Fsp3) is 0.500. The van der Waals surface area contributed by atoms with E-state index in [2.05, 4.69) is 0 Å². The van der Waals surface area contributed by atoms with Gasteiger partial charge in [-0.1, -0.05) is 0 Å². The Morgan fingerprint density at radius 1 is 1.22 bits per heavy atom. The summed E-state index contributed by atoms with van der Waals surface area (Å²) in [6, 6.07) is 3.00. The molecule has 0 spiro atoms. The number of hydrogen-bond acceptors (Lipinski definition) is 4. The average Bonchev–Trinajstić information content (AvgIpc) is 2.33. The highest BCUT2D eigenvalue weighted by molar-refractivity contribution is 5.78.